The first kappa shape index (κ1) is 18.4. The average Bonchev–Trinajstić information content (AvgIpc) is 2.34. The van der Waals surface area contributed by atoms with Gasteiger partial charge in [0, 0.05) is 0 Å². The molecule has 0 heterocycles. The fourth-order valence-corrected chi connectivity index (χ4v) is 2.44. The predicted octanol–water partition coefficient (Wildman–Crippen LogP) is 6.01. The van der Waals surface area contributed by atoms with E-state index in [2.05, 4.69) is 20.3 Å². The standard InChI is InChI=1S/C7H14.C7H13.C2H6.Rf/c2*1-7-5-3-2-4-6-7;1-2;/h7H,2-6H2,1H3;5,7H,2-4,6H2,1H3;1-2H3;/q;-1;;/t;7-;;/m.0../s1. The minimum Gasteiger partial charge on any atom is -0.326 e. The second-order valence-electron chi connectivity index (χ2n) is 5.24. The van der Waals surface area contributed by atoms with Crippen LogP contribution in [-0.4, -0.2) is 0 Å². The van der Waals surface area contributed by atoms with E-state index in [9.17, 15) is 0 Å². The third kappa shape index (κ3) is 11.3. The molecule has 0 saturated heterocycles. The molecule has 2 aliphatic carbocycles. The first-order valence-corrected chi connectivity index (χ1v) is 7.62. The van der Waals surface area contributed by atoms with E-state index in [1.54, 1.807) is 0 Å². The van der Waals surface area contributed by atoms with Crippen molar-refractivity contribution in [2.24, 2.45) is 11.8 Å². The molecule has 2 aliphatic rings. The van der Waals surface area contributed by atoms with E-state index in [1.165, 1.54) is 57.8 Å². The van der Waals surface area contributed by atoms with E-state index in [1.807, 2.05) is 13.8 Å². The maximum Gasteiger partial charge on any atom is 0 e. The van der Waals surface area contributed by atoms with Gasteiger partial charge in [-0.25, -0.2) is 0 Å². The Morgan fingerprint density at radius 2 is 1.29 bits per heavy atom. The molecule has 0 aliphatic heterocycles. The van der Waals surface area contributed by atoms with Crippen molar-refractivity contribution in [3.63, 3.8) is 0 Å². The van der Waals surface area contributed by atoms with Crippen molar-refractivity contribution >= 4 is 0 Å². The summed E-state index contributed by atoms with van der Waals surface area (Å²) in [6.07, 6.45) is 15.6. The van der Waals surface area contributed by atoms with Crippen LogP contribution in [0, 0.1) is 18.3 Å². The summed E-state index contributed by atoms with van der Waals surface area (Å²) in [4.78, 5) is 0. The molecule has 0 N–H and O–H groups in total. The Balaban J connectivity index is 0. The summed E-state index contributed by atoms with van der Waals surface area (Å²) >= 11 is 0. The molecule has 0 bridgehead atoms. The van der Waals surface area contributed by atoms with E-state index < -0.39 is 0 Å². The van der Waals surface area contributed by atoms with Gasteiger partial charge in [0.05, 0.1) is 0 Å². The third-order valence-corrected chi connectivity index (χ3v) is 3.58. The monoisotopic (exact) mass is 492 g/mol. The number of hydrogen-bond donors (Lipinski definition) is 0. The van der Waals surface area contributed by atoms with E-state index in [0.29, 0.717) is 0 Å². The van der Waals surface area contributed by atoms with Gasteiger partial charge < -0.3 is 6.42 Å². The normalized spacial score (nSPS) is 24.4. The largest absolute Gasteiger partial charge is 0.326 e. The summed E-state index contributed by atoms with van der Waals surface area (Å²) in [5.74, 6) is 1.95. The fraction of sp³-hybridized carbons (Fsp3) is 0.938. The molecular formula is C16H33Rf-. The van der Waals surface area contributed by atoms with Crippen LogP contribution >= 0.6 is 0 Å². The molecule has 0 spiro atoms. The molecule has 1 atom stereocenters. The molecular weight excluding hydrogens is 459 g/mol. The first-order valence-electron chi connectivity index (χ1n) is 7.62. The molecule has 2 saturated carbocycles. The van der Waals surface area contributed by atoms with E-state index in [0.717, 1.165) is 11.8 Å². The molecule has 0 aromatic rings. The van der Waals surface area contributed by atoms with Crippen LogP contribution in [-0.2, 0) is 0 Å². The van der Waals surface area contributed by atoms with Crippen LogP contribution in [0.3, 0.4) is 0 Å². The minimum atomic E-state index is 0. The second kappa shape index (κ2) is 13.1. The zero-order valence-electron chi connectivity index (χ0n) is 12.8. The fourth-order valence-electron chi connectivity index (χ4n) is 2.44. The molecule has 17 heavy (non-hydrogen) atoms. The van der Waals surface area contributed by atoms with Crippen molar-refractivity contribution < 1.29 is 0 Å². The zero-order valence-corrected chi connectivity index (χ0v) is 19.2. The Hall–Kier alpha value is -1.00. The van der Waals surface area contributed by atoms with Crippen molar-refractivity contribution in [3.8, 4) is 0 Å². The van der Waals surface area contributed by atoms with Crippen LogP contribution in [0.5, 0.6) is 0 Å². The van der Waals surface area contributed by atoms with Gasteiger partial charge in [0.1, 0.15) is 0 Å². The smallest absolute Gasteiger partial charge is 0 e. The van der Waals surface area contributed by atoms with Crippen molar-refractivity contribution in [2.45, 2.75) is 85.5 Å². The summed E-state index contributed by atoms with van der Waals surface area (Å²) in [5.41, 5.74) is 0. The molecule has 0 aromatic heterocycles. The maximum absolute atomic E-state index is 2.43. The van der Waals surface area contributed by atoms with Gasteiger partial charge in [-0.3, -0.25) is 0 Å². The van der Waals surface area contributed by atoms with Crippen molar-refractivity contribution in [2.75, 3.05) is 0 Å². The summed E-state index contributed by atoms with van der Waals surface area (Å²) < 4.78 is 0. The summed E-state index contributed by atoms with van der Waals surface area (Å²) in [6.45, 7) is 8.67. The molecule has 2 fully saturated rings. The Morgan fingerprint density at radius 3 is 1.53 bits per heavy atom. The molecule has 0 unspecified atom stereocenters. The van der Waals surface area contributed by atoms with Crippen molar-refractivity contribution in [1.82, 2.24) is 0 Å². The van der Waals surface area contributed by atoms with Crippen LogP contribution < -0.4 is 0 Å². The van der Waals surface area contributed by atoms with Crippen LogP contribution in [0.4, 0.5) is 0 Å². The minimum absolute atomic E-state index is 0. The van der Waals surface area contributed by atoms with Gasteiger partial charge in [-0.05, 0) is 5.92 Å². The van der Waals surface area contributed by atoms with Crippen LogP contribution in [0.2, 0.25) is 0 Å². The van der Waals surface area contributed by atoms with E-state index in [4.69, 9.17) is 0 Å². The second-order valence-corrected chi connectivity index (χ2v) is 5.24. The quantitative estimate of drug-likeness (QED) is 0.363. The van der Waals surface area contributed by atoms with Gasteiger partial charge in [-0.2, -0.15) is 12.3 Å². The summed E-state index contributed by atoms with van der Waals surface area (Å²) in [7, 11) is 0. The van der Waals surface area contributed by atoms with Gasteiger partial charge in [0.2, 0.25) is 0 Å². The molecule has 1 heteroatoms. The Labute approximate surface area is 104 Å². The van der Waals surface area contributed by atoms with Crippen LogP contribution in [0.1, 0.15) is 85.5 Å². The topological polar surface area (TPSA) is 0 Å². The predicted molar refractivity (Wildman–Crippen MR) is 75.5 cm³/mol. The van der Waals surface area contributed by atoms with E-state index in [-0.39, 0.29) is 0 Å². The van der Waals surface area contributed by atoms with Gasteiger partial charge in [0.15, 0.2) is 0 Å². The molecule has 0 radical (unpaired) electrons. The molecule has 100 valence electrons. The molecule has 2 rings (SSSR count). The summed E-state index contributed by atoms with van der Waals surface area (Å²) in [5, 5.41) is 0. The van der Waals surface area contributed by atoms with Crippen LogP contribution in [0.15, 0.2) is 0 Å². The zero-order chi connectivity index (χ0) is 12.2. The number of hydrogen-bond acceptors (Lipinski definition) is 0. The van der Waals surface area contributed by atoms with Crippen molar-refractivity contribution in [3.05, 3.63) is 6.42 Å². The Bertz CT molecular complexity index is 105. The van der Waals surface area contributed by atoms with Crippen molar-refractivity contribution in [1.29, 1.82) is 0 Å². The molecule has 0 nitrogen and oxygen atoms in total. The SMILES string of the molecule is CC.CC1CCCCC1.C[C@H]1[CH-]CCCC1.[Rf]. The average molecular weight is 492 g/mol. The van der Waals surface area contributed by atoms with Crippen LogP contribution in [0.25, 0.3) is 0 Å². The van der Waals surface area contributed by atoms with Gasteiger partial charge >= 0.3 is 0 Å². The Morgan fingerprint density at radius 1 is 0.765 bits per heavy atom. The molecule has 0 amide bonds. The van der Waals surface area contributed by atoms with Gasteiger partial charge in [0.25, 0.3) is 0 Å². The number of rotatable bonds is 0. The maximum atomic E-state index is 2.43. The van der Waals surface area contributed by atoms with Gasteiger partial charge in [-0.1, -0.05) is 79.1 Å². The summed E-state index contributed by atoms with van der Waals surface area (Å²) in [6, 6.07) is 0. The third-order valence-electron chi connectivity index (χ3n) is 3.58. The van der Waals surface area contributed by atoms with E-state index >= 15 is 0 Å². The Kier molecular flexibility index (Phi) is 14.1. The van der Waals surface area contributed by atoms with Gasteiger partial charge in [-0.15, -0.1) is 0 Å². The molecule has 0 aromatic carbocycles. The first-order chi connectivity index (χ1) is 7.79.